The van der Waals surface area contributed by atoms with Gasteiger partial charge in [0.25, 0.3) is 5.91 Å². The number of hydrogen-bond donors (Lipinski definition) is 0. The average molecular weight is 392 g/mol. The highest BCUT2D eigenvalue weighted by molar-refractivity contribution is 7.89. The van der Waals surface area contributed by atoms with Gasteiger partial charge in [0.05, 0.1) is 17.6 Å². The molecule has 2 aromatic rings. The van der Waals surface area contributed by atoms with Gasteiger partial charge >= 0.3 is 0 Å². The van der Waals surface area contributed by atoms with Crippen molar-refractivity contribution in [3.63, 3.8) is 0 Å². The number of nitrogens with zero attached hydrogens (tertiary/aromatic N) is 3. The minimum Gasteiger partial charge on any atom is -0.306 e. The standard InChI is InChI=1S/C18H18ClN3O3S/c19-15-2-3-17-14(9-15)4-6-22(18(17)23)16-8-13(10-20-11-16)12-21-5-1-7-26(21,24)25/h2-3,8-11H,1,4-7,12H2. The molecule has 0 radical (unpaired) electrons. The number of hydrogen-bond acceptors (Lipinski definition) is 4. The Morgan fingerprint density at radius 3 is 2.77 bits per heavy atom. The number of anilines is 1. The van der Waals surface area contributed by atoms with Gasteiger partial charge in [-0.15, -0.1) is 0 Å². The molecule has 136 valence electrons. The smallest absolute Gasteiger partial charge is 0.258 e. The molecular formula is C18H18ClN3O3S. The Morgan fingerprint density at radius 2 is 2.00 bits per heavy atom. The number of aromatic nitrogens is 1. The van der Waals surface area contributed by atoms with Gasteiger partial charge in [-0.3, -0.25) is 9.78 Å². The van der Waals surface area contributed by atoms with Gasteiger partial charge in [0, 0.05) is 36.4 Å². The van der Waals surface area contributed by atoms with Gasteiger partial charge in [0.1, 0.15) is 0 Å². The highest BCUT2D eigenvalue weighted by Gasteiger charge is 2.29. The summed E-state index contributed by atoms with van der Waals surface area (Å²) >= 11 is 6.01. The van der Waals surface area contributed by atoms with E-state index >= 15 is 0 Å². The third-order valence-electron chi connectivity index (χ3n) is 4.80. The number of fused-ring (bicyclic) bond motifs is 1. The number of rotatable bonds is 3. The Kier molecular flexibility index (Phi) is 4.46. The van der Waals surface area contributed by atoms with Crippen LogP contribution in [0, 0.1) is 0 Å². The average Bonchev–Trinajstić information content (AvgIpc) is 2.93. The minimum atomic E-state index is -3.17. The predicted octanol–water partition coefficient (Wildman–Crippen LogP) is 2.47. The van der Waals surface area contributed by atoms with Crippen molar-refractivity contribution in [2.75, 3.05) is 23.7 Å². The summed E-state index contributed by atoms with van der Waals surface area (Å²) in [6, 6.07) is 7.15. The molecule has 0 N–H and O–H groups in total. The summed E-state index contributed by atoms with van der Waals surface area (Å²) in [5, 5.41) is 0.625. The van der Waals surface area contributed by atoms with Crippen LogP contribution in [0.3, 0.4) is 0 Å². The summed E-state index contributed by atoms with van der Waals surface area (Å²) < 4.78 is 25.5. The molecule has 1 aromatic heterocycles. The number of halogens is 1. The second kappa shape index (κ2) is 6.64. The molecule has 1 amide bonds. The summed E-state index contributed by atoms with van der Waals surface area (Å²) in [5.74, 6) is 0.111. The normalized spacial score (nSPS) is 19.6. The summed E-state index contributed by atoms with van der Waals surface area (Å²) in [4.78, 5) is 18.7. The Bertz CT molecular complexity index is 977. The molecular weight excluding hydrogens is 374 g/mol. The van der Waals surface area contributed by atoms with Crippen LogP contribution in [0.1, 0.15) is 27.9 Å². The zero-order chi connectivity index (χ0) is 18.3. The van der Waals surface area contributed by atoms with Gasteiger partial charge in [-0.1, -0.05) is 11.6 Å². The maximum atomic E-state index is 12.8. The van der Waals surface area contributed by atoms with Crippen molar-refractivity contribution in [2.45, 2.75) is 19.4 Å². The van der Waals surface area contributed by atoms with Crippen LogP contribution in [-0.2, 0) is 23.0 Å². The molecule has 4 rings (SSSR count). The van der Waals surface area contributed by atoms with E-state index in [1.54, 1.807) is 29.4 Å². The summed E-state index contributed by atoms with van der Waals surface area (Å²) in [6.45, 7) is 1.36. The molecule has 3 heterocycles. The molecule has 1 saturated heterocycles. The highest BCUT2D eigenvalue weighted by Crippen LogP contribution is 2.27. The van der Waals surface area contributed by atoms with Gasteiger partial charge < -0.3 is 4.90 Å². The maximum Gasteiger partial charge on any atom is 0.258 e. The lowest BCUT2D eigenvalue weighted by Crippen LogP contribution is -2.37. The van der Waals surface area contributed by atoms with Crippen LogP contribution in [0.25, 0.3) is 0 Å². The van der Waals surface area contributed by atoms with E-state index in [1.807, 2.05) is 12.1 Å². The van der Waals surface area contributed by atoms with Crippen LogP contribution < -0.4 is 4.90 Å². The van der Waals surface area contributed by atoms with Crippen molar-refractivity contribution >= 4 is 33.2 Å². The SMILES string of the molecule is O=C1c2ccc(Cl)cc2CCN1c1cncc(CN2CCCS2(=O)=O)c1. The third kappa shape index (κ3) is 3.22. The first kappa shape index (κ1) is 17.5. The van der Waals surface area contributed by atoms with E-state index in [4.69, 9.17) is 11.6 Å². The van der Waals surface area contributed by atoms with Crippen molar-refractivity contribution in [1.29, 1.82) is 0 Å². The molecule has 0 saturated carbocycles. The van der Waals surface area contributed by atoms with Gasteiger partial charge in [0.15, 0.2) is 0 Å². The van der Waals surface area contributed by atoms with E-state index in [9.17, 15) is 13.2 Å². The quantitative estimate of drug-likeness (QED) is 0.805. The van der Waals surface area contributed by atoms with E-state index in [2.05, 4.69) is 4.98 Å². The molecule has 6 nitrogen and oxygen atoms in total. The van der Waals surface area contributed by atoms with E-state index in [-0.39, 0.29) is 18.2 Å². The zero-order valence-electron chi connectivity index (χ0n) is 14.1. The van der Waals surface area contributed by atoms with Crippen molar-refractivity contribution < 1.29 is 13.2 Å². The van der Waals surface area contributed by atoms with E-state index in [0.29, 0.717) is 42.2 Å². The first-order valence-electron chi connectivity index (χ1n) is 8.46. The zero-order valence-corrected chi connectivity index (χ0v) is 15.6. The van der Waals surface area contributed by atoms with Crippen LogP contribution in [0.15, 0.2) is 36.7 Å². The third-order valence-corrected chi connectivity index (χ3v) is 6.94. The first-order chi connectivity index (χ1) is 12.4. The Morgan fingerprint density at radius 1 is 1.15 bits per heavy atom. The monoisotopic (exact) mass is 391 g/mol. The van der Waals surface area contributed by atoms with Crippen LogP contribution in [0.2, 0.25) is 5.02 Å². The highest BCUT2D eigenvalue weighted by atomic mass is 35.5. The molecule has 2 aliphatic heterocycles. The summed E-state index contributed by atoms with van der Waals surface area (Å²) in [5.41, 5.74) is 3.06. The maximum absolute atomic E-state index is 12.8. The second-order valence-electron chi connectivity index (χ2n) is 6.56. The molecule has 0 unspecified atom stereocenters. The van der Waals surface area contributed by atoms with E-state index in [0.717, 1.165) is 11.1 Å². The molecule has 0 atom stereocenters. The fourth-order valence-electron chi connectivity index (χ4n) is 3.48. The molecule has 0 bridgehead atoms. The number of amides is 1. The van der Waals surface area contributed by atoms with Crippen molar-refractivity contribution in [1.82, 2.24) is 9.29 Å². The molecule has 26 heavy (non-hydrogen) atoms. The van der Waals surface area contributed by atoms with Crippen LogP contribution in [-0.4, -0.2) is 42.5 Å². The van der Waals surface area contributed by atoms with Gasteiger partial charge in [-0.25, -0.2) is 8.42 Å². The van der Waals surface area contributed by atoms with Crippen LogP contribution >= 0.6 is 11.6 Å². The number of carbonyl (C=O) groups is 1. The van der Waals surface area contributed by atoms with Crippen LogP contribution in [0.4, 0.5) is 5.69 Å². The molecule has 1 fully saturated rings. The number of sulfonamides is 1. The summed E-state index contributed by atoms with van der Waals surface area (Å²) in [7, 11) is -3.17. The lowest BCUT2D eigenvalue weighted by molar-refractivity contribution is 0.0980. The Hall–Kier alpha value is -1.96. The Balaban J connectivity index is 1.59. The topological polar surface area (TPSA) is 70.6 Å². The number of pyridine rings is 1. The number of carbonyl (C=O) groups excluding carboxylic acids is 1. The van der Waals surface area contributed by atoms with Gasteiger partial charge in [0.2, 0.25) is 10.0 Å². The fourth-order valence-corrected chi connectivity index (χ4v) is 5.18. The van der Waals surface area contributed by atoms with E-state index in [1.165, 1.54) is 4.31 Å². The molecule has 0 aliphatic carbocycles. The lowest BCUT2D eigenvalue weighted by Gasteiger charge is -2.29. The van der Waals surface area contributed by atoms with Crippen molar-refractivity contribution in [3.05, 3.63) is 58.4 Å². The predicted molar refractivity (Wildman–Crippen MR) is 99.9 cm³/mol. The largest absolute Gasteiger partial charge is 0.306 e. The molecule has 8 heteroatoms. The lowest BCUT2D eigenvalue weighted by atomic mass is 9.98. The first-order valence-corrected chi connectivity index (χ1v) is 10.4. The summed E-state index contributed by atoms with van der Waals surface area (Å²) in [6.07, 6.45) is 4.66. The Labute approximate surface area is 157 Å². The minimum absolute atomic E-state index is 0.0874. The van der Waals surface area contributed by atoms with Crippen LogP contribution in [0.5, 0.6) is 0 Å². The van der Waals surface area contributed by atoms with Crippen molar-refractivity contribution in [2.24, 2.45) is 0 Å². The van der Waals surface area contributed by atoms with Crippen molar-refractivity contribution in [3.8, 4) is 0 Å². The van der Waals surface area contributed by atoms with Gasteiger partial charge in [-0.05, 0) is 48.2 Å². The second-order valence-corrected chi connectivity index (χ2v) is 9.09. The molecule has 0 spiro atoms. The molecule has 1 aromatic carbocycles. The molecule has 2 aliphatic rings. The fraction of sp³-hybridized carbons (Fsp3) is 0.333. The number of benzene rings is 1. The van der Waals surface area contributed by atoms with E-state index < -0.39 is 10.0 Å². The van der Waals surface area contributed by atoms with Gasteiger partial charge in [-0.2, -0.15) is 4.31 Å².